The van der Waals surface area contributed by atoms with Crippen LogP contribution < -0.4 is 10.2 Å². The molecule has 0 aliphatic rings. The van der Waals surface area contributed by atoms with Gasteiger partial charge < -0.3 is 10.2 Å². The van der Waals surface area contributed by atoms with Crippen LogP contribution >= 0.6 is 0 Å². The van der Waals surface area contributed by atoms with Crippen LogP contribution in [0.5, 0.6) is 0 Å². The summed E-state index contributed by atoms with van der Waals surface area (Å²) in [6.07, 6.45) is 2.39. The predicted octanol–water partition coefficient (Wildman–Crippen LogP) is 3.81. The van der Waals surface area contributed by atoms with Crippen LogP contribution in [0.15, 0.2) is 24.3 Å². The van der Waals surface area contributed by atoms with Crippen molar-refractivity contribution < 1.29 is 0 Å². The van der Waals surface area contributed by atoms with Crippen molar-refractivity contribution in [3.05, 3.63) is 29.8 Å². The van der Waals surface area contributed by atoms with Crippen molar-refractivity contribution in [1.82, 2.24) is 5.32 Å². The second kappa shape index (κ2) is 7.42. The van der Waals surface area contributed by atoms with Crippen LogP contribution in [0.1, 0.15) is 46.1 Å². The minimum Gasteiger partial charge on any atom is -0.371 e. The standard InChI is InChI=1S/C16H28N2/c1-6-15(7-2)18(5)16-11-9-8-10-14(16)12-17-13(3)4/h8-11,13,15,17H,6-7,12H2,1-5H3. The molecule has 102 valence electrons. The largest absolute Gasteiger partial charge is 0.371 e. The van der Waals surface area contributed by atoms with E-state index < -0.39 is 0 Å². The Morgan fingerprint density at radius 2 is 1.72 bits per heavy atom. The monoisotopic (exact) mass is 248 g/mol. The summed E-state index contributed by atoms with van der Waals surface area (Å²) in [5, 5.41) is 3.51. The van der Waals surface area contributed by atoms with E-state index in [0.29, 0.717) is 12.1 Å². The number of nitrogens with zero attached hydrogens (tertiary/aromatic N) is 1. The van der Waals surface area contributed by atoms with Crippen molar-refractivity contribution in [2.24, 2.45) is 0 Å². The average molecular weight is 248 g/mol. The van der Waals surface area contributed by atoms with Crippen LogP contribution in [0.2, 0.25) is 0 Å². The summed E-state index contributed by atoms with van der Waals surface area (Å²) >= 11 is 0. The Bertz CT molecular complexity index is 343. The minimum absolute atomic E-state index is 0.525. The summed E-state index contributed by atoms with van der Waals surface area (Å²) in [5.41, 5.74) is 2.75. The number of anilines is 1. The molecule has 0 unspecified atom stereocenters. The van der Waals surface area contributed by atoms with Crippen molar-refractivity contribution in [2.75, 3.05) is 11.9 Å². The van der Waals surface area contributed by atoms with Gasteiger partial charge in [0.05, 0.1) is 0 Å². The molecule has 0 radical (unpaired) electrons. The van der Waals surface area contributed by atoms with Crippen molar-refractivity contribution >= 4 is 5.69 Å². The van der Waals surface area contributed by atoms with Gasteiger partial charge in [0.1, 0.15) is 0 Å². The lowest BCUT2D eigenvalue weighted by Crippen LogP contribution is -2.32. The van der Waals surface area contributed by atoms with E-state index in [4.69, 9.17) is 0 Å². The van der Waals surface area contributed by atoms with Gasteiger partial charge in [0, 0.05) is 31.4 Å². The third-order valence-corrected chi connectivity index (χ3v) is 3.56. The van der Waals surface area contributed by atoms with Gasteiger partial charge in [0.2, 0.25) is 0 Å². The fraction of sp³-hybridized carbons (Fsp3) is 0.625. The van der Waals surface area contributed by atoms with Crippen molar-refractivity contribution in [2.45, 2.75) is 59.2 Å². The maximum atomic E-state index is 3.51. The normalized spacial score (nSPS) is 11.3. The first kappa shape index (κ1) is 15.0. The van der Waals surface area contributed by atoms with Crippen LogP contribution in [0.4, 0.5) is 5.69 Å². The molecule has 0 aliphatic heterocycles. The molecule has 0 aromatic heterocycles. The molecule has 0 fully saturated rings. The fourth-order valence-corrected chi connectivity index (χ4v) is 2.35. The van der Waals surface area contributed by atoms with Gasteiger partial charge in [-0.15, -0.1) is 0 Å². The highest BCUT2D eigenvalue weighted by atomic mass is 15.1. The van der Waals surface area contributed by atoms with Crippen molar-refractivity contribution in [1.29, 1.82) is 0 Å². The molecule has 1 rings (SSSR count). The topological polar surface area (TPSA) is 15.3 Å². The number of rotatable bonds is 7. The van der Waals surface area contributed by atoms with E-state index in [0.717, 1.165) is 6.54 Å². The molecule has 0 spiro atoms. The molecule has 0 heterocycles. The molecular formula is C16H28N2. The molecule has 0 amide bonds. The van der Waals surface area contributed by atoms with E-state index in [2.05, 4.69) is 69.2 Å². The molecule has 1 N–H and O–H groups in total. The summed E-state index contributed by atoms with van der Waals surface area (Å²) in [6.45, 7) is 9.85. The molecule has 0 bridgehead atoms. The highest BCUT2D eigenvalue weighted by molar-refractivity contribution is 5.53. The van der Waals surface area contributed by atoms with Crippen LogP contribution in [0.25, 0.3) is 0 Å². The zero-order valence-electron chi connectivity index (χ0n) is 12.5. The lowest BCUT2D eigenvalue weighted by atomic mass is 10.1. The summed E-state index contributed by atoms with van der Waals surface area (Å²) in [7, 11) is 2.21. The molecule has 0 atom stereocenters. The van der Waals surface area contributed by atoms with Gasteiger partial charge in [-0.1, -0.05) is 45.9 Å². The van der Waals surface area contributed by atoms with Gasteiger partial charge >= 0.3 is 0 Å². The molecule has 0 aliphatic carbocycles. The number of para-hydroxylation sites is 1. The van der Waals surface area contributed by atoms with Gasteiger partial charge in [0.25, 0.3) is 0 Å². The summed E-state index contributed by atoms with van der Waals surface area (Å²) < 4.78 is 0. The second-order valence-corrected chi connectivity index (χ2v) is 5.25. The highest BCUT2D eigenvalue weighted by Crippen LogP contribution is 2.23. The lowest BCUT2D eigenvalue weighted by molar-refractivity contribution is 0.573. The maximum Gasteiger partial charge on any atom is 0.0411 e. The molecule has 1 aromatic carbocycles. The molecule has 2 heteroatoms. The van der Waals surface area contributed by atoms with E-state index in [1.54, 1.807) is 0 Å². The van der Waals surface area contributed by atoms with Crippen LogP contribution in [-0.4, -0.2) is 19.1 Å². The zero-order valence-corrected chi connectivity index (χ0v) is 12.5. The summed E-state index contributed by atoms with van der Waals surface area (Å²) in [5.74, 6) is 0. The highest BCUT2D eigenvalue weighted by Gasteiger charge is 2.14. The van der Waals surface area contributed by atoms with Crippen LogP contribution in [0, 0.1) is 0 Å². The van der Waals surface area contributed by atoms with E-state index in [9.17, 15) is 0 Å². The van der Waals surface area contributed by atoms with Crippen molar-refractivity contribution in [3.8, 4) is 0 Å². The van der Waals surface area contributed by atoms with E-state index in [1.165, 1.54) is 24.1 Å². The van der Waals surface area contributed by atoms with Crippen molar-refractivity contribution in [3.63, 3.8) is 0 Å². The number of hydrogen-bond acceptors (Lipinski definition) is 2. The molecule has 0 saturated heterocycles. The Morgan fingerprint density at radius 1 is 1.11 bits per heavy atom. The SMILES string of the molecule is CCC(CC)N(C)c1ccccc1CNC(C)C. The molecular weight excluding hydrogens is 220 g/mol. The Kier molecular flexibility index (Phi) is 6.20. The lowest BCUT2D eigenvalue weighted by Gasteiger charge is -2.30. The number of nitrogens with one attached hydrogen (secondary N) is 1. The Balaban J connectivity index is 2.86. The second-order valence-electron chi connectivity index (χ2n) is 5.25. The molecule has 0 saturated carbocycles. The Hall–Kier alpha value is -1.02. The third kappa shape index (κ3) is 4.02. The van der Waals surface area contributed by atoms with Crippen LogP contribution in [-0.2, 0) is 6.54 Å². The summed E-state index contributed by atoms with van der Waals surface area (Å²) in [6, 6.07) is 9.87. The summed E-state index contributed by atoms with van der Waals surface area (Å²) in [4.78, 5) is 2.43. The van der Waals surface area contributed by atoms with Gasteiger partial charge in [-0.05, 0) is 24.5 Å². The Morgan fingerprint density at radius 3 is 2.28 bits per heavy atom. The third-order valence-electron chi connectivity index (χ3n) is 3.56. The first-order chi connectivity index (χ1) is 8.60. The average Bonchev–Trinajstić information content (AvgIpc) is 2.38. The van der Waals surface area contributed by atoms with E-state index >= 15 is 0 Å². The van der Waals surface area contributed by atoms with Gasteiger partial charge in [-0.3, -0.25) is 0 Å². The number of hydrogen-bond donors (Lipinski definition) is 1. The first-order valence-electron chi connectivity index (χ1n) is 7.14. The smallest absolute Gasteiger partial charge is 0.0411 e. The molecule has 18 heavy (non-hydrogen) atoms. The minimum atomic E-state index is 0.525. The van der Waals surface area contributed by atoms with Crippen LogP contribution in [0.3, 0.4) is 0 Å². The van der Waals surface area contributed by atoms with Gasteiger partial charge in [0.15, 0.2) is 0 Å². The number of benzene rings is 1. The predicted molar refractivity (Wildman–Crippen MR) is 81.2 cm³/mol. The first-order valence-corrected chi connectivity index (χ1v) is 7.14. The maximum absolute atomic E-state index is 3.51. The van der Waals surface area contributed by atoms with Gasteiger partial charge in [-0.2, -0.15) is 0 Å². The van der Waals surface area contributed by atoms with Gasteiger partial charge in [-0.25, -0.2) is 0 Å². The molecule has 2 nitrogen and oxygen atoms in total. The fourth-order valence-electron chi connectivity index (χ4n) is 2.35. The Labute approximate surface area is 112 Å². The van der Waals surface area contributed by atoms with E-state index in [1.807, 2.05) is 0 Å². The molecule has 1 aromatic rings. The zero-order chi connectivity index (χ0) is 13.5. The van der Waals surface area contributed by atoms with E-state index in [-0.39, 0.29) is 0 Å². The quantitative estimate of drug-likeness (QED) is 0.789.